The normalized spacial score (nSPS) is 14.6. The van der Waals surface area contributed by atoms with Crippen LogP contribution in [0.3, 0.4) is 0 Å². The van der Waals surface area contributed by atoms with E-state index >= 15 is 0 Å². The number of para-hydroxylation sites is 1. The van der Waals surface area contributed by atoms with Crippen LogP contribution in [0.5, 0.6) is 0 Å². The molecule has 0 aromatic heterocycles. The molecule has 1 unspecified atom stereocenters. The summed E-state index contributed by atoms with van der Waals surface area (Å²) >= 11 is 0. The summed E-state index contributed by atoms with van der Waals surface area (Å²) in [5, 5.41) is 3.42. The van der Waals surface area contributed by atoms with Crippen molar-refractivity contribution in [3.63, 3.8) is 0 Å². The fourth-order valence-electron chi connectivity index (χ4n) is 1.69. The van der Waals surface area contributed by atoms with Crippen LogP contribution in [0.2, 0.25) is 0 Å². The van der Waals surface area contributed by atoms with Crippen molar-refractivity contribution in [2.75, 3.05) is 26.1 Å². The van der Waals surface area contributed by atoms with Gasteiger partial charge < -0.3 is 20.5 Å². The lowest BCUT2D eigenvalue weighted by Crippen LogP contribution is -2.45. The molecule has 0 saturated heterocycles. The molecule has 4 nitrogen and oxygen atoms in total. The molecule has 0 saturated carbocycles. The second kappa shape index (κ2) is 6.59. The van der Waals surface area contributed by atoms with Crippen LogP contribution < -0.4 is 11.1 Å². The molecule has 17 heavy (non-hydrogen) atoms. The maximum absolute atomic E-state index is 5.84. The first-order valence-corrected chi connectivity index (χ1v) is 5.72. The van der Waals surface area contributed by atoms with E-state index in [9.17, 15) is 0 Å². The second-order valence-corrected chi connectivity index (χ2v) is 4.36. The number of ether oxygens (including phenoxy) is 2. The van der Waals surface area contributed by atoms with Gasteiger partial charge in [-0.05, 0) is 19.1 Å². The Balaban J connectivity index is 2.68. The smallest absolute Gasteiger partial charge is 0.159 e. The number of nitrogens with one attached hydrogen (secondary N) is 1. The third-order valence-corrected chi connectivity index (χ3v) is 2.81. The predicted molar refractivity (Wildman–Crippen MR) is 69.9 cm³/mol. The van der Waals surface area contributed by atoms with Crippen molar-refractivity contribution < 1.29 is 9.47 Å². The third kappa shape index (κ3) is 4.34. The first-order chi connectivity index (χ1) is 8.13. The molecule has 3 N–H and O–H groups in total. The van der Waals surface area contributed by atoms with Crippen molar-refractivity contribution in [2.45, 2.75) is 25.2 Å². The Kier molecular flexibility index (Phi) is 5.41. The maximum Gasteiger partial charge on any atom is 0.159 e. The summed E-state index contributed by atoms with van der Waals surface area (Å²) in [6, 6.07) is 10.00. The van der Waals surface area contributed by atoms with Crippen molar-refractivity contribution >= 4 is 5.69 Å². The molecule has 0 heterocycles. The third-order valence-electron chi connectivity index (χ3n) is 2.81. The number of benzene rings is 1. The van der Waals surface area contributed by atoms with Crippen LogP contribution in [-0.4, -0.2) is 32.6 Å². The van der Waals surface area contributed by atoms with E-state index in [0.717, 1.165) is 5.69 Å². The monoisotopic (exact) mass is 238 g/mol. The van der Waals surface area contributed by atoms with E-state index in [1.807, 2.05) is 30.3 Å². The molecule has 1 rings (SSSR count). The lowest BCUT2D eigenvalue weighted by atomic mass is 9.97. The predicted octanol–water partition coefficient (Wildman–Crippen LogP) is 1.82. The average molecular weight is 238 g/mol. The Morgan fingerprint density at radius 2 is 1.82 bits per heavy atom. The zero-order chi connectivity index (χ0) is 12.7. The molecule has 0 aliphatic rings. The number of rotatable bonds is 7. The first kappa shape index (κ1) is 14.0. The van der Waals surface area contributed by atoms with E-state index in [1.54, 1.807) is 14.2 Å². The second-order valence-electron chi connectivity index (χ2n) is 4.36. The summed E-state index contributed by atoms with van der Waals surface area (Å²) in [5.74, 6) is 0. The van der Waals surface area contributed by atoms with Crippen LogP contribution in [0.25, 0.3) is 0 Å². The quantitative estimate of drug-likeness (QED) is 0.711. The van der Waals surface area contributed by atoms with Crippen molar-refractivity contribution in [3.8, 4) is 0 Å². The Morgan fingerprint density at radius 3 is 2.29 bits per heavy atom. The van der Waals surface area contributed by atoms with Crippen LogP contribution in [-0.2, 0) is 9.47 Å². The van der Waals surface area contributed by atoms with Gasteiger partial charge in [0.25, 0.3) is 0 Å². The summed E-state index contributed by atoms with van der Waals surface area (Å²) < 4.78 is 10.4. The number of hydrogen-bond donors (Lipinski definition) is 2. The van der Waals surface area contributed by atoms with Gasteiger partial charge in [0.2, 0.25) is 0 Å². The fourth-order valence-corrected chi connectivity index (χ4v) is 1.69. The van der Waals surface area contributed by atoms with Crippen molar-refractivity contribution in [3.05, 3.63) is 30.3 Å². The summed E-state index contributed by atoms with van der Waals surface area (Å²) in [4.78, 5) is 0. The van der Waals surface area contributed by atoms with Crippen molar-refractivity contribution in [1.29, 1.82) is 0 Å². The van der Waals surface area contributed by atoms with Gasteiger partial charge in [0.15, 0.2) is 6.29 Å². The van der Waals surface area contributed by atoms with E-state index < -0.39 is 0 Å². The highest BCUT2D eigenvalue weighted by Crippen LogP contribution is 2.20. The van der Waals surface area contributed by atoms with Gasteiger partial charge in [0.1, 0.15) is 0 Å². The van der Waals surface area contributed by atoms with E-state index in [4.69, 9.17) is 15.2 Å². The Hall–Kier alpha value is -1.10. The Bertz CT molecular complexity index is 314. The number of anilines is 1. The minimum Gasteiger partial charge on any atom is -0.378 e. The zero-order valence-corrected chi connectivity index (χ0v) is 10.8. The van der Waals surface area contributed by atoms with Gasteiger partial charge >= 0.3 is 0 Å². The summed E-state index contributed by atoms with van der Waals surface area (Å²) in [5.41, 5.74) is 6.63. The molecular formula is C13H22N2O2. The summed E-state index contributed by atoms with van der Waals surface area (Å²) in [6.45, 7) is 2.57. The zero-order valence-electron chi connectivity index (χ0n) is 10.8. The number of nitrogens with two attached hydrogens (primary N) is 1. The average Bonchev–Trinajstić information content (AvgIpc) is 2.37. The standard InChI is InChI=1S/C13H22N2O2/c1-13(10-14,9-12(16-2)17-3)15-11-7-5-4-6-8-11/h4-8,12,15H,9-10,14H2,1-3H3. The van der Waals surface area contributed by atoms with Gasteiger partial charge in [-0.25, -0.2) is 0 Å². The van der Waals surface area contributed by atoms with Gasteiger partial charge in [-0.2, -0.15) is 0 Å². The van der Waals surface area contributed by atoms with E-state index in [-0.39, 0.29) is 11.8 Å². The lowest BCUT2D eigenvalue weighted by Gasteiger charge is -2.33. The molecule has 4 heteroatoms. The van der Waals surface area contributed by atoms with Crippen molar-refractivity contribution in [2.24, 2.45) is 5.73 Å². The highest BCUT2D eigenvalue weighted by molar-refractivity contribution is 5.45. The molecule has 0 radical (unpaired) electrons. The highest BCUT2D eigenvalue weighted by Gasteiger charge is 2.26. The number of hydrogen-bond acceptors (Lipinski definition) is 4. The fraction of sp³-hybridized carbons (Fsp3) is 0.538. The Morgan fingerprint density at radius 1 is 1.24 bits per heavy atom. The minimum absolute atomic E-state index is 0.250. The van der Waals surface area contributed by atoms with E-state index in [2.05, 4.69) is 12.2 Å². The molecule has 1 atom stereocenters. The molecule has 0 bridgehead atoms. The first-order valence-electron chi connectivity index (χ1n) is 5.72. The van der Waals surface area contributed by atoms with Crippen molar-refractivity contribution in [1.82, 2.24) is 0 Å². The van der Waals surface area contributed by atoms with Gasteiger partial charge in [-0.1, -0.05) is 18.2 Å². The lowest BCUT2D eigenvalue weighted by molar-refractivity contribution is -0.113. The van der Waals surface area contributed by atoms with Crippen LogP contribution in [0.1, 0.15) is 13.3 Å². The van der Waals surface area contributed by atoms with Crippen LogP contribution in [0.4, 0.5) is 5.69 Å². The molecule has 0 spiro atoms. The van der Waals surface area contributed by atoms with Crippen LogP contribution in [0, 0.1) is 0 Å². The van der Waals surface area contributed by atoms with Gasteiger partial charge in [-0.15, -0.1) is 0 Å². The molecule has 96 valence electrons. The highest BCUT2D eigenvalue weighted by atomic mass is 16.7. The topological polar surface area (TPSA) is 56.5 Å². The van der Waals surface area contributed by atoms with Crippen LogP contribution in [0.15, 0.2) is 30.3 Å². The number of methoxy groups -OCH3 is 2. The van der Waals surface area contributed by atoms with Gasteiger partial charge in [-0.3, -0.25) is 0 Å². The minimum atomic E-state index is -0.252. The molecule has 0 aliphatic heterocycles. The SMILES string of the molecule is COC(CC(C)(CN)Nc1ccccc1)OC. The van der Waals surface area contributed by atoms with Gasteiger partial charge in [0.05, 0.1) is 5.54 Å². The summed E-state index contributed by atoms with van der Waals surface area (Å²) in [7, 11) is 3.27. The molecule has 0 fully saturated rings. The van der Waals surface area contributed by atoms with E-state index in [1.165, 1.54) is 0 Å². The molecule has 1 aromatic carbocycles. The maximum atomic E-state index is 5.84. The Labute approximate surface area is 103 Å². The molecule has 0 amide bonds. The van der Waals surface area contributed by atoms with E-state index in [0.29, 0.717) is 13.0 Å². The molecule has 0 aliphatic carbocycles. The largest absolute Gasteiger partial charge is 0.378 e. The molecular weight excluding hydrogens is 216 g/mol. The molecule has 1 aromatic rings. The van der Waals surface area contributed by atoms with Gasteiger partial charge in [0, 0.05) is 32.9 Å². The summed E-state index contributed by atoms with van der Waals surface area (Å²) in [6.07, 6.45) is 0.436. The van der Waals surface area contributed by atoms with Crippen LogP contribution >= 0.6 is 0 Å².